The van der Waals surface area contributed by atoms with E-state index in [0.29, 0.717) is 21.6 Å². The van der Waals surface area contributed by atoms with Gasteiger partial charge in [-0.2, -0.15) is 9.61 Å². The third kappa shape index (κ3) is 4.08. The molecule has 1 saturated carbocycles. The van der Waals surface area contributed by atoms with Crippen LogP contribution < -0.4 is 5.56 Å². The van der Waals surface area contributed by atoms with Gasteiger partial charge < -0.3 is 4.74 Å². The van der Waals surface area contributed by atoms with Gasteiger partial charge in [0, 0.05) is 21.9 Å². The monoisotopic (exact) mass is 407 g/mol. The molecule has 0 unspecified atom stereocenters. The van der Waals surface area contributed by atoms with E-state index in [1.807, 2.05) is 12.1 Å². The minimum atomic E-state index is -0.366. The molecule has 1 aliphatic rings. The number of benzene rings is 1. The van der Waals surface area contributed by atoms with Gasteiger partial charge in [0.05, 0.1) is 11.4 Å². The molecule has 4 rings (SSSR count). The number of nitrogens with zero attached hydrogens (tertiary/aromatic N) is 3. The lowest BCUT2D eigenvalue weighted by molar-refractivity contribution is -0.141. The summed E-state index contributed by atoms with van der Waals surface area (Å²) in [4.78, 5) is 29.9. The van der Waals surface area contributed by atoms with Crippen molar-refractivity contribution >= 4 is 45.6 Å². The van der Waals surface area contributed by atoms with Crippen molar-refractivity contribution in [3.63, 3.8) is 0 Å². The number of halogens is 1. The van der Waals surface area contributed by atoms with Crippen LogP contribution in [-0.4, -0.2) is 26.3 Å². The van der Waals surface area contributed by atoms with Gasteiger partial charge in [0.2, 0.25) is 4.96 Å². The molecule has 2 heterocycles. The number of rotatable bonds is 6. The van der Waals surface area contributed by atoms with Crippen LogP contribution in [0.2, 0.25) is 5.02 Å². The Labute approximate surface area is 162 Å². The number of ether oxygens (including phenoxy) is 1. The van der Waals surface area contributed by atoms with Crippen molar-refractivity contribution in [2.24, 2.45) is 0 Å². The van der Waals surface area contributed by atoms with E-state index in [0.717, 1.165) is 22.7 Å². The van der Waals surface area contributed by atoms with Crippen LogP contribution in [0.1, 0.15) is 29.5 Å². The molecule has 0 spiro atoms. The van der Waals surface area contributed by atoms with Crippen LogP contribution in [0.5, 0.6) is 0 Å². The van der Waals surface area contributed by atoms with E-state index in [1.165, 1.54) is 33.7 Å². The number of carbonyl (C=O) groups is 1. The molecule has 0 saturated heterocycles. The third-order valence-electron chi connectivity index (χ3n) is 3.79. The molecule has 1 fully saturated rings. The van der Waals surface area contributed by atoms with E-state index in [4.69, 9.17) is 16.3 Å². The number of hydrogen-bond donors (Lipinski definition) is 0. The summed E-state index contributed by atoms with van der Waals surface area (Å²) in [6, 6.07) is 8.60. The second kappa shape index (κ2) is 7.38. The lowest BCUT2D eigenvalue weighted by atomic mass is 10.4. The lowest BCUT2D eigenvalue weighted by Crippen LogP contribution is -2.17. The Balaban J connectivity index is 1.36. The summed E-state index contributed by atoms with van der Waals surface area (Å²) in [6.45, 7) is -0.0254. The summed E-state index contributed by atoms with van der Waals surface area (Å²) >= 11 is 8.62. The lowest BCUT2D eigenvalue weighted by Gasteiger charge is -2.04. The highest BCUT2D eigenvalue weighted by Gasteiger charge is 2.28. The van der Waals surface area contributed by atoms with Crippen LogP contribution >= 0.6 is 34.7 Å². The van der Waals surface area contributed by atoms with E-state index in [2.05, 4.69) is 10.1 Å². The molecule has 6 nitrogen and oxygen atoms in total. The fourth-order valence-corrected chi connectivity index (χ4v) is 4.22. The van der Waals surface area contributed by atoms with Crippen LogP contribution in [0.4, 0.5) is 0 Å². The second-order valence-electron chi connectivity index (χ2n) is 5.90. The highest BCUT2D eigenvalue weighted by molar-refractivity contribution is 8.00. The van der Waals surface area contributed by atoms with Crippen LogP contribution in [0.3, 0.4) is 0 Å². The van der Waals surface area contributed by atoms with Crippen molar-refractivity contribution in [2.45, 2.75) is 30.3 Å². The zero-order valence-corrected chi connectivity index (χ0v) is 15.9. The van der Waals surface area contributed by atoms with Gasteiger partial charge in [0.1, 0.15) is 11.6 Å². The molecule has 0 radical (unpaired) electrons. The molecule has 1 aromatic carbocycles. The average molecular weight is 408 g/mol. The van der Waals surface area contributed by atoms with Gasteiger partial charge in [-0.3, -0.25) is 9.59 Å². The highest BCUT2D eigenvalue weighted by atomic mass is 35.5. The Hall–Kier alpha value is -1.90. The maximum absolute atomic E-state index is 12.2. The van der Waals surface area contributed by atoms with Crippen molar-refractivity contribution in [1.82, 2.24) is 14.6 Å². The van der Waals surface area contributed by atoms with Crippen LogP contribution in [0.15, 0.2) is 40.0 Å². The smallest absolute Gasteiger partial charge is 0.316 e. The first-order valence-corrected chi connectivity index (χ1v) is 10.2. The predicted octanol–water partition coefficient (Wildman–Crippen LogP) is 3.52. The fraction of sp³-hybridized carbons (Fsp3) is 0.294. The van der Waals surface area contributed by atoms with E-state index in [1.54, 1.807) is 12.1 Å². The Morgan fingerprint density at radius 1 is 1.35 bits per heavy atom. The molecule has 9 heteroatoms. The number of carbonyl (C=O) groups excluding carboxylic acids is 1. The van der Waals surface area contributed by atoms with Crippen molar-refractivity contribution in [1.29, 1.82) is 0 Å². The molecule has 134 valence electrons. The minimum absolute atomic E-state index is 0.0254. The first kappa shape index (κ1) is 17.5. The Morgan fingerprint density at radius 3 is 2.85 bits per heavy atom. The Morgan fingerprint density at radius 2 is 2.12 bits per heavy atom. The van der Waals surface area contributed by atoms with Gasteiger partial charge in [-0.05, 0) is 37.1 Å². The Bertz CT molecular complexity index is 1010. The van der Waals surface area contributed by atoms with Crippen LogP contribution in [-0.2, 0) is 16.1 Å². The zero-order valence-electron chi connectivity index (χ0n) is 13.6. The summed E-state index contributed by atoms with van der Waals surface area (Å²) in [6.07, 6.45) is 2.23. The Kier molecular flexibility index (Phi) is 4.97. The zero-order chi connectivity index (χ0) is 18.1. The standard InChI is InChI=1S/C17H14ClN3O3S2/c18-11-3-5-13(6-4-11)25-9-15(23)24-8-12-7-14(22)21-17(19-12)26-16(20-21)10-1-2-10/h3-7,10H,1-2,8-9H2. The number of thioether (sulfide) groups is 1. The molecule has 1 aliphatic carbocycles. The summed E-state index contributed by atoms with van der Waals surface area (Å²) in [5.41, 5.74) is 0.186. The quantitative estimate of drug-likeness (QED) is 0.459. The summed E-state index contributed by atoms with van der Waals surface area (Å²) < 4.78 is 6.55. The van der Waals surface area contributed by atoms with Gasteiger partial charge in [-0.15, -0.1) is 11.8 Å². The summed E-state index contributed by atoms with van der Waals surface area (Å²) in [7, 11) is 0. The molecule has 26 heavy (non-hydrogen) atoms. The molecule has 0 aliphatic heterocycles. The van der Waals surface area contributed by atoms with Crippen molar-refractivity contribution in [2.75, 3.05) is 5.75 Å². The fourth-order valence-electron chi connectivity index (χ4n) is 2.31. The SMILES string of the molecule is O=C(CSc1ccc(Cl)cc1)OCc1cc(=O)n2nc(C3CC3)sc2n1. The largest absolute Gasteiger partial charge is 0.459 e. The van der Waals surface area contributed by atoms with Gasteiger partial charge >= 0.3 is 5.97 Å². The van der Waals surface area contributed by atoms with Gasteiger partial charge in [0.25, 0.3) is 5.56 Å². The highest BCUT2D eigenvalue weighted by Crippen LogP contribution is 2.41. The van der Waals surface area contributed by atoms with Gasteiger partial charge in [0.15, 0.2) is 0 Å². The molecular formula is C17H14ClN3O3S2. The number of hydrogen-bond acceptors (Lipinski definition) is 7. The van der Waals surface area contributed by atoms with Gasteiger partial charge in [-0.1, -0.05) is 22.9 Å². The maximum atomic E-state index is 12.2. The normalized spacial score (nSPS) is 13.9. The van der Waals surface area contributed by atoms with E-state index < -0.39 is 0 Å². The van der Waals surface area contributed by atoms with Crippen molar-refractivity contribution in [3.05, 3.63) is 56.4 Å². The third-order valence-corrected chi connectivity index (χ3v) is 6.10. The second-order valence-corrected chi connectivity index (χ2v) is 8.37. The van der Waals surface area contributed by atoms with E-state index >= 15 is 0 Å². The minimum Gasteiger partial charge on any atom is -0.459 e. The molecule has 0 bridgehead atoms. The van der Waals surface area contributed by atoms with Crippen molar-refractivity contribution < 1.29 is 9.53 Å². The number of fused-ring (bicyclic) bond motifs is 1. The summed E-state index contributed by atoms with van der Waals surface area (Å²) in [5.74, 6) is 0.275. The number of esters is 1. The maximum Gasteiger partial charge on any atom is 0.316 e. The predicted molar refractivity (Wildman–Crippen MR) is 101 cm³/mol. The topological polar surface area (TPSA) is 73.6 Å². The molecular weight excluding hydrogens is 394 g/mol. The van der Waals surface area contributed by atoms with E-state index in [9.17, 15) is 9.59 Å². The van der Waals surface area contributed by atoms with Crippen LogP contribution in [0, 0.1) is 0 Å². The average Bonchev–Trinajstić information content (AvgIpc) is 3.39. The van der Waals surface area contributed by atoms with Crippen molar-refractivity contribution in [3.8, 4) is 0 Å². The molecule has 2 aromatic heterocycles. The van der Waals surface area contributed by atoms with Gasteiger partial charge in [-0.25, -0.2) is 4.98 Å². The van der Waals surface area contributed by atoms with Crippen LogP contribution in [0.25, 0.3) is 4.96 Å². The molecule has 0 atom stereocenters. The molecule has 0 amide bonds. The van der Waals surface area contributed by atoms with E-state index in [-0.39, 0.29) is 23.9 Å². The molecule has 0 N–H and O–H groups in total. The first-order chi connectivity index (χ1) is 12.6. The summed E-state index contributed by atoms with van der Waals surface area (Å²) in [5, 5.41) is 5.92. The first-order valence-electron chi connectivity index (χ1n) is 8.02. The number of aromatic nitrogens is 3. The molecule has 3 aromatic rings.